The van der Waals surface area contributed by atoms with E-state index < -0.39 is 0 Å². The van der Waals surface area contributed by atoms with Gasteiger partial charge in [-0.1, -0.05) is 44.5 Å². The number of thiophene rings is 1. The van der Waals surface area contributed by atoms with E-state index in [1.165, 1.54) is 21.0 Å². The molecule has 0 bridgehead atoms. The summed E-state index contributed by atoms with van der Waals surface area (Å²) in [6, 6.07) is 9.49. The van der Waals surface area contributed by atoms with Crippen LogP contribution in [0.5, 0.6) is 0 Å². The van der Waals surface area contributed by atoms with E-state index in [1.807, 2.05) is 12.1 Å². The van der Waals surface area contributed by atoms with E-state index in [2.05, 4.69) is 47.6 Å². The van der Waals surface area contributed by atoms with Crippen LogP contribution < -0.4 is 5.32 Å². The Morgan fingerprint density at radius 3 is 2.87 bits per heavy atom. The van der Waals surface area contributed by atoms with Gasteiger partial charge in [0.05, 0.1) is 10.6 Å². The quantitative estimate of drug-likeness (QED) is 0.615. The third-order valence-electron chi connectivity index (χ3n) is 5.71. The van der Waals surface area contributed by atoms with Crippen molar-refractivity contribution in [3.63, 3.8) is 0 Å². The van der Waals surface area contributed by atoms with Gasteiger partial charge in [0.1, 0.15) is 17.6 Å². The van der Waals surface area contributed by atoms with Gasteiger partial charge >= 0.3 is 0 Å². The fourth-order valence-electron chi connectivity index (χ4n) is 3.89. The number of aromatic nitrogens is 4. The fourth-order valence-corrected chi connectivity index (χ4v) is 5.40. The zero-order chi connectivity index (χ0) is 22.2. The molecule has 0 spiro atoms. The molecule has 0 aliphatic heterocycles. The lowest BCUT2D eigenvalue weighted by Crippen LogP contribution is -2.26. The van der Waals surface area contributed by atoms with Gasteiger partial charge in [0.2, 0.25) is 11.7 Å². The lowest BCUT2D eigenvalue weighted by Gasteiger charge is -2.33. The van der Waals surface area contributed by atoms with Crippen LogP contribution in [0.2, 0.25) is 5.02 Å². The first-order valence-electron chi connectivity index (χ1n) is 10.1. The molecule has 1 aromatic carbocycles. The predicted molar refractivity (Wildman–Crippen MR) is 121 cm³/mol. The Bertz CT molecular complexity index is 1170. The molecule has 2 aromatic heterocycles. The van der Waals surface area contributed by atoms with Gasteiger partial charge in [-0.2, -0.15) is 10.1 Å². The predicted octanol–water partition coefficient (Wildman–Crippen LogP) is 4.72. The molecule has 0 saturated carbocycles. The summed E-state index contributed by atoms with van der Waals surface area (Å²) in [4.78, 5) is 15.1. The summed E-state index contributed by atoms with van der Waals surface area (Å²) >= 11 is 7.69. The number of fused-ring (bicyclic) bond motifs is 1. The number of rotatable bonds is 4. The van der Waals surface area contributed by atoms with E-state index >= 15 is 0 Å². The minimum Gasteiger partial charge on any atom is -0.315 e. The maximum atomic E-state index is 12.6. The Labute approximate surface area is 190 Å². The summed E-state index contributed by atoms with van der Waals surface area (Å²) in [6.45, 7) is 6.67. The number of tetrazole rings is 1. The van der Waals surface area contributed by atoms with Crippen molar-refractivity contribution >= 4 is 33.8 Å². The number of carbonyl (C=O) groups is 1. The number of benzene rings is 1. The van der Waals surface area contributed by atoms with E-state index in [1.54, 1.807) is 12.1 Å². The second kappa shape index (κ2) is 8.40. The second-order valence-electron chi connectivity index (χ2n) is 8.80. The molecule has 1 N–H and O–H groups in total. The molecule has 1 atom stereocenters. The summed E-state index contributed by atoms with van der Waals surface area (Å²) in [6.07, 6.45) is 2.88. The summed E-state index contributed by atoms with van der Waals surface area (Å²) in [5.74, 6) is 0.623. The normalized spacial score (nSPS) is 15.9. The van der Waals surface area contributed by atoms with E-state index in [0.717, 1.165) is 24.8 Å². The van der Waals surface area contributed by atoms with Gasteiger partial charge in [-0.25, -0.2) is 0 Å². The molecule has 0 fully saturated rings. The maximum Gasteiger partial charge on any atom is 0.248 e. The van der Waals surface area contributed by atoms with Gasteiger partial charge in [0.25, 0.3) is 0 Å². The van der Waals surface area contributed by atoms with Crippen LogP contribution in [0, 0.1) is 22.7 Å². The third kappa shape index (κ3) is 4.48. The molecule has 1 aliphatic carbocycles. The summed E-state index contributed by atoms with van der Waals surface area (Å²) in [7, 11) is 0. The second-order valence-corrected chi connectivity index (χ2v) is 10.3. The van der Waals surface area contributed by atoms with Crippen LogP contribution in [0.3, 0.4) is 0 Å². The molecular weight excluding hydrogens is 432 g/mol. The van der Waals surface area contributed by atoms with Gasteiger partial charge in [-0.05, 0) is 53.5 Å². The highest BCUT2D eigenvalue weighted by Gasteiger charge is 2.32. The number of halogens is 1. The summed E-state index contributed by atoms with van der Waals surface area (Å²) in [5.41, 5.74) is 2.55. The number of anilines is 1. The molecule has 1 amide bonds. The number of nitrogens with zero attached hydrogens (tertiary/aromatic N) is 5. The van der Waals surface area contributed by atoms with Crippen LogP contribution in [-0.2, 0) is 24.2 Å². The van der Waals surface area contributed by atoms with Gasteiger partial charge in [0, 0.05) is 10.4 Å². The third-order valence-corrected chi connectivity index (χ3v) is 7.21. The molecule has 4 rings (SSSR count). The average Bonchev–Trinajstić information content (AvgIpc) is 3.30. The zero-order valence-electron chi connectivity index (χ0n) is 17.6. The number of nitrogens with one attached hydrogen (secondary N) is 1. The lowest BCUT2D eigenvalue weighted by atomic mass is 9.72. The van der Waals surface area contributed by atoms with Crippen LogP contribution in [0.4, 0.5) is 5.00 Å². The SMILES string of the molecule is CC(C)(C)C1CCc2c(sc(NC(=O)Cn3nnc(-c4ccccc4Cl)n3)c2C#N)C1. The first-order valence-corrected chi connectivity index (χ1v) is 11.3. The molecule has 0 saturated heterocycles. The molecule has 1 unspecified atom stereocenters. The van der Waals surface area contributed by atoms with Crippen molar-refractivity contribution in [3.8, 4) is 17.5 Å². The van der Waals surface area contributed by atoms with Gasteiger partial charge < -0.3 is 5.32 Å². The Morgan fingerprint density at radius 2 is 2.16 bits per heavy atom. The smallest absolute Gasteiger partial charge is 0.248 e. The van der Waals surface area contributed by atoms with Gasteiger partial charge in [-0.3, -0.25) is 4.79 Å². The number of nitriles is 1. The first kappa shape index (κ1) is 21.5. The summed E-state index contributed by atoms with van der Waals surface area (Å²) in [5, 5.41) is 25.9. The Morgan fingerprint density at radius 1 is 1.39 bits per heavy atom. The maximum absolute atomic E-state index is 12.6. The van der Waals surface area contributed by atoms with Crippen LogP contribution in [0.25, 0.3) is 11.4 Å². The van der Waals surface area contributed by atoms with E-state index in [0.29, 0.717) is 32.9 Å². The molecule has 7 nitrogen and oxygen atoms in total. The highest BCUT2D eigenvalue weighted by Crippen LogP contribution is 2.44. The first-order chi connectivity index (χ1) is 14.8. The van der Waals surface area contributed by atoms with Crippen LogP contribution >= 0.6 is 22.9 Å². The monoisotopic (exact) mass is 454 g/mol. The minimum absolute atomic E-state index is 0.102. The van der Waals surface area contributed by atoms with E-state index in [-0.39, 0.29) is 17.9 Å². The van der Waals surface area contributed by atoms with E-state index in [4.69, 9.17) is 11.6 Å². The molecule has 1 aliphatic rings. The minimum atomic E-state index is -0.300. The number of hydrogen-bond acceptors (Lipinski definition) is 6. The molecule has 2 heterocycles. The topological polar surface area (TPSA) is 96.5 Å². The van der Waals surface area contributed by atoms with Gasteiger partial charge in [0.15, 0.2) is 0 Å². The van der Waals surface area contributed by atoms with Crippen LogP contribution in [-0.4, -0.2) is 26.1 Å². The molecule has 0 radical (unpaired) electrons. The highest BCUT2D eigenvalue weighted by atomic mass is 35.5. The number of carbonyl (C=O) groups excluding carboxylic acids is 1. The van der Waals surface area contributed by atoms with Crippen molar-refractivity contribution in [1.29, 1.82) is 5.26 Å². The highest BCUT2D eigenvalue weighted by molar-refractivity contribution is 7.16. The van der Waals surface area contributed by atoms with Crippen molar-refractivity contribution < 1.29 is 4.79 Å². The molecule has 9 heteroatoms. The molecule has 31 heavy (non-hydrogen) atoms. The van der Waals surface area contributed by atoms with Crippen molar-refractivity contribution in [2.45, 2.75) is 46.6 Å². The number of hydrogen-bond donors (Lipinski definition) is 1. The standard InChI is InChI=1S/C22H23ClN6OS/c1-22(2,3)13-8-9-14-16(11-24)21(31-18(14)10-13)25-19(30)12-29-27-20(26-28-29)15-6-4-5-7-17(15)23/h4-7,13H,8-10,12H2,1-3H3,(H,25,30). The number of amides is 1. The van der Waals surface area contributed by atoms with Crippen molar-refractivity contribution in [1.82, 2.24) is 20.2 Å². The van der Waals surface area contributed by atoms with Crippen LogP contribution in [0.15, 0.2) is 24.3 Å². The zero-order valence-corrected chi connectivity index (χ0v) is 19.2. The van der Waals surface area contributed by atoms with Gasteiger partial charge in [-0.15, -0.1) is 21.5 Å². The fraction of sp³-hybridized carbons (Fsp3) is 0.409. The largest absolute Gasteiger partial charge is 0.315 e. The molecular formula is C22H23ClN6OS. The Kier molecular flexibility index (Phi) is 5.82. The van der Waals surface area contributed by atoms with Crippen molar-refractivity contribution in [2.24, 2.45) is 11.3 Å². The molecule has 160 valence electrons. The van der Waals surface area contributed by atoms with Crippen molar-refractivity contribution in [2.75, 3.05) is 5.32 Å². The summed E-state index contributed by atoms with van der Waals surface area (Å²) < 4.78 is 0. The average molecular weight is 455 g/mol. The van der Waals surface area contributed by atoms with E-state index in [9.17, 15) is 10.1 Å². The Hall–Kier alpha value is -2.76. The lowest BCUT2D eigenvalue weighted by molar-refractivity contribution is -0.117. The molecule has 3 aromatic rings. The Balaban J connectivity index is 1.48. The van der Waals surface area contributed by atoms with Crippen molar-refractivity contribution in [3.05, 3.63) is 45.3 Å². The van der Waals surface area contributed by atoms with Crippen LogP contribution in [0.1, 0.15) is 43.2 Å².